The Morgan fingerprint density at radius 2 is 1.69 bits per heavy atom. The summed E-state index contributed by atoms with van der Waals surface area (Å²) in [6, 6.07) is 3.34. The summed E-state index contributed by atoms with van der Waals surface area (Å²) in [4.78, 5) is 36.9. The third-order valence-corrected chi connectivity index (χ3v) is 6.37. The number of nitrogens with two attached hydrogens (primary N) is 1. The van der Waals surface area contributed by atoms with E-state index in [1.165, 1.54) is 16.8 Å². The van der Waals surface area contributed by atoms with Crippen LogP contribution in [0.25, 0.3) is 5.65 Å². The molecule has 5 rings (SSSR count). The molecule has 0 radical (unpaired) electrons. The number of anilines is 3. The first-order valence-electron chi connectivity index (χ1n) is 12.2. The molecule has 3 aromatic heterocycles. The molecule has 3 heterocycles. The number of aromatic nitrogens is 5. The first kappa shape index (κ1) is 23.7. The van der Waals surface area contributed by atoms with Crippen molar-refractivity contribution in [2.45, 2.75) is 69.6 Å². The van der Waals surface area contributed by atoms with Gasteiger partial charge in [-0.05, 0) is 45.4 Å². The molecule has 13 heteroatoms. The predicted octanol–water partition coefficient (Wildman–Crippen LogP) is 1.24. The lowest BCUT2D eigenvalue weighted by Crippen LogP contribution is -2.46. The number of hydrogen-bond acceptors (Lipinski definition) is 10. The van der Waals surface area contributed by atoms with E-state index in [0.29, 0.717) is 17.5 Å². The third kappa shape index (κ3) is 5.46. The molecule has 2 fully saturated rings. The maximum Gasteiger partial charge on any atom is 0.277 e. The van der Waals surface area contributed by atoms with Gasteiger partial charge in [0.05, 0.1) is 17.9 Å². The van der Waals surface area contributed by atoms with Crippen molar-refractivity contribution < 1.29 is 14.7 Å². The minimum Gasteiger partial charge on any atom is -0.493 e. The maximum atomic E-state index is 13.0. The van der Waals surface area contributed by atoms with Crippen LogP contribution < -0.4 is 27.0 Å². The van der Waals surface area contributed by atoms with Crippen LogP contribution in [0.4, 0.5) is 17.3 Å². The minimum absolute atomic E-state index is 0.120. The molecule has 1 atom stereocenters. The van der Waals surface area contributed by atoms with Crippen molar-refractivity contribution in [2.24, 2.45) is 5.73 Å². The molecule has 13 nitrogen and oxygen atoms in total. The van der Waals surface area contributed by atoms with Crippen molar-refractivity contribution in [3.63, 3.8) is 0 Å². The number of rotatable bonds is 8. The van der Waals surface area contributed by atoms with E-state index in [9.17, 15) is 14.7 Å². The van der Waals surface area contributed by atoms with E-state index in [0.717, 1.165) is 50.5 Å². The van der Waals surface area contributed by atoms with Crippen LogP contribution >= 0.6 is 0 Å². The number of amides is 2. The van der Waals surface area contributed by atoms with Crippen LogP contribution in [0.3, 0.4) is 0 Å². The summed E-state index contributed by atoms with van der Waals surface area (Å²) < 4.78 is 1.51. The number of fused-ring (bicyclic) bond motifs is 1. The second-order valence-electron chi connectivity index (χ2n) is 9.45. The molecule has 0 aromatic carbocycles. The highest BCUT2D eigenvalue weighted by Crippen LogP contribution is 2.30. The maximum absolute atomic E-state index is 13.0. The molecule has 0 saturated heterocycles. The number of nitrogens with one attached hydrogen (secondary N) is 4. The highest BCUT2D eigenvalue weighted by molar-refractivity contribution is 6.03. The lowest BCUT2D eigenvalue weighted by Gasteiger charge is -2.30. The van der Waals surface area contributed by atoms with E-state index in [1.807, 2.05) is 6.07 Å². The van der Waals surface area contributed by atoms with Crippen molar-refractivity contribution in [1.29, 1.82) is 0 Å². The molecule has 36 heavy (non-hydrogen) atoms. The van der Waals surface area contributed by atoms with Crippen LogP contribution in [0.2, 0.25) is 0 Å². The predicted molar refractivity (Wildman–Crippen MR) is 133 cm³/mol. The van der Waals surface area contributed by atoms with Crippen molar-refractivity contribution in [1.82, 2.24) is 29.9 Å². The molecule has 0 unspecified atom stereocenters. The van der Waals surface area contributed by atoms with Gasteiger partial charge in [0.15, 0.2) is 11.3 Å². The zero-order valence-electron chi connectivity index (χ0n) is 19.9. The molecule has 2 aliphatic carbocycles. The van der Waals surface area contributed by atoms with Gasteiger partial charge in [0.25, 0.3) is 5.91 Å². The highest BCUT2D eigenvalue weighted by Gasteiger charge is 2.26. The van der Waals surface area contributed by atoms with Crippen LogP contribution in [0.1, 0.15) is 55.9 Å². The van der Waals surface area contributed by atoms with Gasteiger partial charge in [0, 0.05) is 30.3 Å². The molecule has 0 aliphatic heterocycles. The zero-order chi connectivity index (χ0) is 25.2. The molecular weight excluding hydrogens is 464 g/mol. The van der Waals surface area contributed by atoms with Crippen LogP contribution in [0.5, 0.6) is 5.88 Å². The molecule has 190 valence electrons. The van der Waals surface area contributed by atoms with Gasteiger partial charge in [-0.1, -0.05) is 0 Å². The minimum atomic E-state index is -0.518. The number of nitrogens with zero attached hydrogens (tertiary/aromatic N) is 5. The fourth-order valence-electron chi connectivity index (χ4n) is 4.27. The summed E-state index contributed by atoms with van der Waals surface area (Å²) in [5.41, 5.74) is 7.24. The van der Waals surface area contributed by atoms with Gasteiger partial charge >= 0.3 is 0 Å². The average Bonchev–Trinajstić information content (AvgIpc) is 3.55. The molecule has 2 amide bonds. The van der Waals surface area contributed by atoms with Gasteiger partial charge in [0.2, 0.25) is 11.8 Å². The monoisotopic (exact) mass is 494 g/mol. The van der Waals surface area contributed by atoms with Crippen LogP contribution in [0, 0.1) is 0 Å². The second kappa shape index (κ2) is 9.93. The summed E-state index contributed by atoms with van der Waals surface area (Å²) >= 11 is 0. The SMILES string of the molecule is C[C@@H](N)C(=O)N[C@H]1CC[C@H](Nc2cc(NC3CC3)c3ncc(C(=O)Nc4cc(O)ncn4)n3n2)CC1. The summed E-state index contributed by atoms with van der Waals surface area (Å²) in [5.74, 6) is -0.0439. The number of imidazole rings is 1. The zero-order valence-corrected chi connectivity index (χ0v) is 19.9. The van der Waals surface area contributed by atoms with Crippen LogP contribution in [-0.4, -0.2) is 65.7 Å². The van der Waals surface area contributed by atoms with Gasteiger partial charge in [-0.2, -0.15) is 0 Å². The smallest absolute Gasteiger partial charge is 0.277 e. The summed E-state index contributed by atoms with van der Waals surface area (Å²) in [5, 5.41) is 26.8. The Kier molecular flexibility index (Phi) is 6.55. The van der Waals surface area contributed by atoms with Gasteiger partial charge < -0.3 is 32.1 Å². The Bertz CT molecular complexity index is 1260. The van der Waals surface area contributed by atoms with Gasteiger partial charge in [0.1, 0.15) is 18.0 Å². The molecular formula is C23H30N10O3. The summed E-state index contributed by atoms with van der Waals surface area (Å²) in [7, 11) is 0. The average molecular weight is 495 g/mol. The summed E-state index contributed by atoms with van der Waals surface area (Å²) in [6.45, 7) is 1.68. The van der Waals surface area contributed by atoms with E-state index in [4.69, 9.17) is 5.73 Å². The van der Waals surface area contributed by atoms with Crippen LogP contribution in [0.15, 0.2) is 24.7 Å². The number of carbonyl (C=O) groups is 2. The lowest BCUT2D eigenvalue weighted by molar-refractivity contribution is -0.122. The van der Waals surface area contributed by atoms with E-state index in [-0.39, 0.29) is 35.4 Å². The summed E-state index contributed by atoms with van der Waals surface area (Å²) in [6.07, 6.45) is 8.21. The Hall–Kier alpha value is -4.00. The third-order valence-electron chi connectivity index (χ3n) is 6.37. The second-order valence-corrected chi connectivity index (χ2v) is 9.45. The Labute approximate surface area is 207 Å². The fourth-order valence-corrected chi connectivity index (χ4v) is 4.27. The van der Waals surface area contributed by atoms with Crippen molar-refractivity contribution in [3.8, 4) is 5.88 Å². The number of aromatic hydroxyl groups is 1. The quantitative estimate of drug-likeness (QED) is 0.266. The number of carbonyl (C=O) groups excluding carboxylic acids is 2. The van der Waals surface area contributed by atoms with Gasteiger partial charge in [-0.15, -0.1) is 5.10 Å². The Morgan fingerprint density at radius 1 is 1.00 bits per heavy atom. The van der Waals surface area contributed by atoms with Crippen LogP contribution in [-0.2, 0) is 4.79 Å². The molecule has 0 bridgehead atoms. The van der Waals surface area contributed by atoms with E-state index in [1.54, 1.807) is 6.92 Å². The normalized spacial score (nSPS) is 20.5. The van der Waals surface area contributed by atoms with E-state index >= 15 is 0 Å². The molecule has 2 aliphatic rings. The van der Waals surface area contributed by atoms with E-state index in [2.05, 4.69) is 41.3 Å². The van der Waals surface area contributed by atoms with Crippen molar-refractivity contribution in [2.75, 3.05) is 16.0 Å². The van der Waals surface area contributed by atoms with E-state index < -0.39 is 11.9 Å². The first-order valence-corrected chi connectivity index (χ1v) is 12.2. The molecule has 2 saturated carbocycles. The largest absolute Gasteiger partial charge is 0.493 e. The highest BCUT2D eigenvalue weighted by atomic mass is 16.3. The van der Waals surface area contributed by atoms with Gasteiger partial charge in [-0.3, -0.25) is 9.59 Å². The molecule has 0 spiro atoms. The standard InChI is InChI=1S/C23H30N10O3/c1-12(24)22(35)30-15-6-4-14(5-7-15)29-19-8-16(28-13-2-3-13)21-25-10-17(33(21)32-19)23(36)31-18-9-20(34)27-11-26-18/h8-15,28H,2-7,24H2,1H3,(H,29,32)(H,30,35)(H2,26,27,31,34,36)/t12-,14-,15-/m1/s1. The lowest BCUT2D eigenvalue weighted by atomic mass is 9.91. The Morgan fingerprint density at radius 3 is 2.39 bits per heavy atom. The Balaban J connectivity index is 1.33. The molecule has 3 aromatic rings. The first-order chi connectivity index (χ1) is 17.4. The topological polar surface area (TPSA) is 184 Å². The molecule has 7 N–H and O–H groups in total. The van der Waals surface area contributed by atoms with Crippen molar-refractivity contribution in [3.05, 3.63) is 30.4 Å². The fraction of sp³-hybridized carbons (Fsp3) is 0.478. The van der Waals surface area contributed by atoms with Crippen molar-refractivity contribution >= 4 is 34.8 Å². The number of hydrogen-bond donors (Lipinski definition) is 6. The van der Waals surface area contributed by atoms with Gasteiger partial charge in [-0.25, -0.2) is 19.5 Å².